The van der Waals surface area contributed by atoms with Crippen molar-refractivity contribution in [1.29, 1.82) is 0 Å². The second-order valence-electron chi connectivity index (χ2n) is 8.09. The van der Waals surface area contributed by atoms with Crippen molar-refractivity contribution in [2.45, 2.75) is 20.5 Å². The molecule has 2 aromatic heterocycles. The molecule has 4 aromatic rings. The molecule has 0 radical (unpaired) electrons. The highest BCUT2D eigenvalue weighted by Gasteiger charge is 2.12. The number of hydrogen-bond donors (Lipinski definition) is 1. The Labute approximate surface area is 209 Å². The van der Waals surface area contributed by atoms with Crippen molar-refractivity contribution in [3.63, 3.8) is 0 Å². The first-order valence-corrected chi connectivity index (χ1v) is 11.4. The third kappa shape index (κ3) is 6.89. The molecule has 0 saturated carbocycles. The van der Waals surface area contributed by atoms with Gasteiger partial charge >= 0.3 is 5.97 Å². The highest BCUT2D eigenvalue weighted by Crippen LogP contribution is 2.18. The van der Waals surface area contributed by atoms with Gasteiger partial charge < -0.3 is 14.8 Å². The number of ether oxygens (including phenoxy) is 2. The van der Waals surface area contributed by atoms with Crippen molar-refractivity contribution in [2.24, 2.45) is 0 Å². The summed E-state index contributed by atoms with van der Waals surface area (Å²) in [6.07, 6.45) is 4.60. The number of rotatable bonds is 9. The molecule has 1 N–H and O–H groups in total. The molecule has 4 rings (SSSR count). The predicted octanol–water partition coefficient (Wildman–Crippen LogP) is 4.66. The molecule has 182 valence electrons. The number of nitrogens with one attached hydrogen (secondary N) is 1. The Balaban J connectivity index is 1.25. The molecule has 0 spiro atoms. The summed E-state index contributed by atoms with van der Waals surface area (Å²) in [5, 5.41) is 7.17. The Kier molecular flexibility index (Phi) is 7.87. The fraction of sp³-hybridized carbons (Fsp3) is 0.143. The number of amides is 1. The van der Waals surface area contributed by atoms with E-state index in [2.05, 4.69) is 15.4 Å². The van der Waals surface area contributed by atoms with Gasteiger partial charge in [-0.2, -0.15) is 5.10 Å². The van der Waals surface area contributed by atoms with Crippen molar-refractivity contribution in [1.82, 2.24) is 14.8 Å². The minimum Gasteiger partial charge on any atom is -0.487 e. The molecule has 1 amide bonds. The van der Waals surface area contributed by atoms with Crippen LogP contribution in [0.15, 0.2) is 85.1 Å². The van der Waals surface area contributed by atoms with Gasteiger partial charge in [-0.3, -0.25) is 9.78 Å². The topological polar surface area (TPSA) is 95.3 Å². The van der Waals surface area contributed by atoms with Gasteiger partial charge in [0.1, 0.15) is 18.2 Å². The molecule has 0 atom stereocenters. The third-order valence-corrected chi connectivity index (χ3v) is 5.13. The van der Waals surface area contributed by atoms with Crippen molar-refractivity contribution in [3.8, 4) is 11.4 Å². The molecule has 2 aromatic carbocycles. The lowest BCUT2D eigenvalue weighted by atomic mass is 10.2. The van der Waals surface area contributed by atoms with Crippen LogP contribution in [0.3, 0.4) is 0 Å². The van der Waals surface area contributed by atoms with Gasteiger partial charge in [0.25, 0.3) is 5.91 Å². The summed E-state index contributed by atoms with van der Waals surface area (Å²) in [6, 6.07) is 22.4. The van der Waals surface area contributed by atoms with E-state index in [9.17, 15) is 9.59 Å². The molecular weight excluding hydrogens is 456 g/mol. The summed E-state index contributed by atoms with van der Waals surface area (Å²) >= 11 is 0. The number of nitrogens with zero attached hydrogens (tertiary/aromatic N) is 3. The summed E-state index contributed by atoms with van der Waals surface area (Å²) in [5.41, 5.74) is 4.32. The lowest BCUT2D eigenvalue weighted by molar-refractivity contribution is -0.142. The first kappa shape index (κ1) is 24.4. The lowest BCUT2D eigenvalue weighted by Gasteiger charge is -2.09. The van der Waals surface area contributed by atoms with Gasteiger partial charge in [0, 0.05) is 18.3 Å². The number of pyridine rings is 1. The Hall–Kier alpha value is -4.72. The Morgan fingerprint density at radius 2 is 1.78 bits per heavy atom. The molecule has 36 heavy (non-hydrogen) atoms. The van der Waals surface area contributed by atoms with Crippen LogP contribution in [0.25, 0.3) is 11.8 Å². The second kappa shape index (κ2) is 11.6. The lowest BCUT2D eigenvalue weighted by Crippen LogP contribution is -2.21. The zero-order valence-corrected chi connectivity index (χ0v) is 20.0. The molecule has 0 unspecified atom stereocenters. The van der Waals surface area contributed by atoms with E-state index < -0.39 is 18.5 Å². The van der Waals surface area contributed by atoms with E-state index in [0.717, 1.165) is 28.2 Å². The quantitative estimate of drug-likeness (QED) is 0.275. The van der Waals surface area contributed by atoms with Crippen molar-refractivity contribution in [3.05, 3.63) is 108 Å². The normalized spacial score (nSPS) is 10.8. The van der Waals surface area contributed by atoms with Gasteiger partial charge in [0.15, 0.2) is 6.61 Å². The maximum absolute atomic E-state index is 12.4. The van der Waals surface area contributed by atoms with Crippen LogP contribution in [0.4, 0.5) is 5.82 Å². The molecule has 0 fully saturated rings. The van der Waals surface area contributed by atoms with Gasteiger partial charge in [-0.1, -0.05) is 35.9 Å². The van der Waals surface area contributed by atoms with Gasteiger partial charge in [-0.05, 0) is 61.9 Å². The minimum absolute atomic E-state index is 0.371. The van der Waals surface area contributed by atoms with E-state index >= 15 is 0 Å². The fourth-order valence-electron chi connectivity index (χ4n) is 3.32. The summed E-state index contributed by atoms with van der Waals surface area (Å²) in [4.78, 5) is 28.7. The Bertz CT molecular complexity index is 1340. The Morgan fingerprint density at radius 1 is 1.00 bits per heavy atom. The smallest absolute Gasteiger partial charge is 0.331 e. The molecule has 2 heterocycles. The first-order valence-electron chi connectivity index (χ1n) is 11.4. The standard InChI is InChI=1S/C28H26N4O4/c1-20-6-11-24(12-7-20)32-26(17-21(2)31-32)30-27(33)19-36-28(34)15-10-22-8-13-25(14-9-22)35-18-23-5-3-4-16-29-23/h3-17H,18-19H2,1-2H3,(H,30,33)/b15-10+. The van der Waals surface area contributed by atoms with Crippen LogP contribution in [0.5, 0.6) is 5.75 Å². The third-order valence-electron chi connectivity index (χ3n) is 5.13. The fourth-order valence-corrected chi connectivity index (χ4v) is 3.32. The van der Waals surface area contributed by atoms with Crippen LogP contribution >= 0.6 is 0 Å². The summed E-state index contributed by atoms with van der Waals surface area (Å²) in [6.45, 7) is 3.79. The predicted molar refractivity (Wildman–Crippen MR) is 137 cm³/mol. The zero-order valence-electron chi connectivity index (χ0n) is 20.0. The van der Waals surface area contributed by atoms with Crippen molar-refractivity contribution >= 4 is 23.8 Å². The van der Waals surface area contributed by atoms with Crippen molar-refractivity contribution in [2.75, 3.05) is 11.9 Å². The average molecular weight is 483 g/mol. The number of esters is 1. The van der Waals surface area contributed by atoms with E-state index in [1.165, 1.54) is 6.08 Å². The minimum atomic E-state index is -0.621. The van der Waals surface area contributed by atoms with Crippen LogP contribution in [0.1, 0.15) is 22.5 Å². The molecule has 0 aliphatic carbocycles. The number of anilines is 1. The number of aromatic nitrogens is 3. The number of carbonyl (C=O) groups excluding carboxylic acids is 2. The molecule has 0 bridgehead atoms. The number of carbonyl (C=O) groups is 2. The van der Waals surface area contributed by atoms with E-state index in [1.807, 2.05) is 68.4 Å². The maximum atomic E-state index is 12.4. The molecule has 0 aliphatic rings. The van der Waals surface area contributed by atoms with Crippen LogP contribution in [0, 0.1) is 13.8 Å². The number of hydrogen-bond acceptors (Lipinski definition) is 6. The van der Waals surface area contributed by atoms with Gasteiger partial charge in [-0.25, -0.2) is 9.48 Å². The van der Waals surface area contributed by atoms with Crippen molar-refractivity contribution < 1.29 is 19.1 Å². The van der Waals surface area contributed by atoms with Crippen LogP contribution < -0.4 is 10.1 Å². The zero-order chi connectivity index (χ0) is 25.3. The second-order valence-corrected chi connectivity index (χ2v) is 8.09. The summed E-state index contributed by atoms with van der Waals surface area (Å²) in [7, 11) is 0. The van der Waals surface area contributed by atoms with Gasteiger partial charge in [0.2, 0.25) is 0 Å². The van der Waals surface area contributed by atoms with Gasteiger partial charge in [-0.15, -0.1) is 0 Å². The first-order chi connectivity index (χ1) is 17.5. The van der Waals surface area contributed by atoms with Crippen LogP contribution in [-0.2, 0) is 20.9 Å². The SMILES string of the molecule is Cc1ccc(-n2nc(C)cc2NC(=O)COC(=O)/C=C/c2ccc(OCc3ccccn3)cc2)cc1. The molecule has 0 saturated heterocycles. The Morgan fingerprint density at radius 3 is 2.50 bits per heavy atom. The van der Waals surface area contributed by atoms with E-state index in [4.69, 9.17) is 9.47 Å². The van der Waals surface area contributed by atoms with Crippen LogP contribution in [-0.4, -0.2) is 33.2 Å². The number of aryl methyl sites for hydroxylation is 2. The maximum Gasteiger partial charge on any atom is 0.331 e. The van der Waals surface area contributed by atoms with Crippen LogP contribution in [0.2, 0.25) is 0 Å². The van der Waals surface area contributed by atoms with E-state index in [0.29, 0.717) is 18.2 Å². The van der Waals surface area contributed by atoms with E-state index in [1.54, 1.807) is 35.2 Å². The molecule has 8 heteroatoms. The molecular formula is C28H26N4O4. The van der Waals surface area contributed by atoms with Gasteiger partial charge in [0.05, 0.1) is 17.1 Å². The summed E-state index contributed by atoms with van der Waals surface area (Å²) < 4.78 is 12.4. The van der Waals surface area contributed by atoms with E-state index in [-0.39, 0.29) is 0 Å². The largest absolute Gasteiger partial charge is 0.487 e. The monoisotopic (exact) mass is 482 g/mol. The molecule has 0 aliphatic heterocycles. The number of benzene rings is 2. The molecule has 8 nitrogen and oxygen atoms in total. The average Bonchev–Trinajstić information content (AvgIpc) is 3.26. The highest BCUT2D eigenvalue weighted by atomic mass is 16.5. The summed E-state index contributed by atoms with van der Waals surface area (Å²) in [5.74, 6) is 0.110. The highest BCUT2D eigenvalue weighted by molar-refractivity contribution is 5.94.